The topological polar surface area (TPSA) is 64.9 Å². The third kappa shape index (κ3) is 3.29. The number of rotatable bonds is 5. The van der Waals surface area contributed by atoms with Crippen molar-refractivity contribution in [3.05, 3.63) is 48.5 Å². The Morgan fingerprint density at radius 2 is 2.12 bits per heavy atom. The quantitative estimate of drug-likeness (QED) is 0.779. The third-order valence-corrected chi connectivity index (χ3v) is 4.48. The second kappa shape index (κ2) is 7.07. The van der Waals surface area contributed by atoms with Crippen LogP contribution < -0.4 is 5.32 Å². The van der Waals surface area contributed by atoms with Gasteiger partial charge in [0.05, 0.1) is 17.6 Å². The van der Waals surface area contributed by atoms with E-state index in [2.05, 4.69) is 32.7 Å². The fourth-order valence-electron chi connectivity index (χ4n) is 3.14. The monoisotopic (exact) mass is 323 g/mol. The molecule has 1 N–H and O–H groups in total. The van der Waals surface area contributed by atoms with Crippen molar-refractivity contribution in [2.45, 2.75) is 25.3 Å². The van der Waals surface area contributed by atoms with Crippen molar-refractivity contribution in [3.8, 4) is 5.69 Å². The molecule has 0 radical (unpaired) electrons. The van der Waals surface area contributed by atoms with E-state index in [1.807, 2.05) is 35.4 Å². The summed E-state index contributed by atoms with van der Waals surface area (Å²) in [6.07, 6.45) is 8.76. The van der Waals surface area contributed by atoms with E-state index < -0.39 is 0 Å². The Morgan fingerprint density at radius 3 is 3.04 bits per heavy atom. The fourth-order valence-corrected chi connectivity index (χ4v) is 3.14. The van der Waals surface area contributed by atoms with Crippen LogP contribution >= 0.6 is 0 Å². The predicted octanol–water partition coefficient (Wildman–Crippen LogP) is 2.13. The average Bonchev–Trinajstić information content (AvgIpc) is 3.11. The van der Waals surface area contributed by atoms with Gasteiger partial charge in [-0.25, -0.2) is 4.68 Å². The SMILES string of the molecule is c1cc(-n2cc(CCNC3CCOCC3)nn2)c2ccncc2c1. The van der Waals surface area contributed by atoms with E-state index in [-0.39, 0.29) is 0 Å². The summed E-state index contributed by atoms with van der Waals surface area (Å²) < 4.78 is 7.23. The molecular formula is C18H21N5O. The van der Waals surface area contributed by atoms with Crippen LogP contribution in [0.4, 0.5) is 0 Å². The summed E-state index contributed by atoms with van der Waals surface area (Å²) in [4.78, 5) is 4.18. The summed E-state index contributed by atoms with van der Waals surface area (Å²) in [5, 5.41) is 14.4. The smallest absolute Gasteiger partial charge is 0.0844 e. The molecule has 4 rings (SSSR count). The van der Waals surface area contributed by atoms with Crippen molar-refractivity contribution in [3.63, 3.8) is 0 Å². The molecule has 0 amide bonds. The number of aromatic nitrogens is 4. The molecule has 124 valence electrons. The first-order chi connectivity index (χ1) is 11.9. The third-order valence-electron chi connectivity index (χ3n) is 4.48. The number of hydrogen-bond acceptors (Lipinski definition) is 5. The van der Waals surface area contributed by atoms with Crippen LogP contribution in [0.3, 0.4) is 0 Å². The summed E-state index contributed by atoms with van der Waals surface area (Å²) in [6.45, 7) is 2.65. The average molecular weight is 323 g/mol. The molecule has 1 aliphatic rings. The van der Waals surface area contributed by atoms with Gasteiger partial charge in [-0.05, 0) is 25.0 Å². The molecule has 3 heterocycles. The molecule has 6 heteroatoms. The highest BCUT2D eigenvalue weighted by Crippen LogP contribution is 2.20. The molecule has 0 atom stereocenters. The summed E-state index contributed by atoms with van der Waals surface area (Å²) in [5.41, 5.74) is 2.03. The molecule has 1 aliphatic heterocycles. The second-order valence-electron chi connectivity index (χ2n) is 6.12. The van der Waals surface area contributed by atoms with Crippen LogP contribution in [-0.2, 0) is 11.2 Å². The minimum atomic E-state index is 0.569. The summed E-state index contributed by atoms with van der Waals surface area (Å²) >= 11 is 0. The fraction of sp³-hybridized carbons (Fsp3) is 0.389. The number of benzene rings is 1. The Balaban J connectivity index is 1.44. The molecule has 0 saturated carbocycles. The van der Waals surface area contributed by atoms with Gasteiger partial charge in [-0.3, -0.25) is 4.98 Å². The first kappa shape index (κ1) is 15.2. The molecule has 2 aromatic heterocycles. The predicted molar refractivity (Wildman–Crippen MR) is 92.2 cm³/mol. The Bertz CT molecular complexity index is 805. The van der Waals surface area contributed by atoms with Gasteiger partial charge < -0.3 is 10.1 Å². The number of hydrogen-bond donors (Lipinski definition) is 1. The zero-order valence-corrected chi connectivity index (χ0v) is 13.6. The van der Waals surface area contributed by atoms with Crippen molar-refractivity contribution in [1.82, 2.24) is 25.3 Å². The Hall–Kier alpha value is -2.31. The number of nitrogens with one attached hydrogen (secondary N) is 1. The Kier molecular flexibility index (Phi) is 4.49. The second-order valence-corrected chi connectivity index (χ2v) is 6.12. The summed E-state index contributed by atoms with van der Waals surface area (Å²) in [7, 11) is 0. The lowest BCUT2D eigenvalue weighted by Gasteiger charge is -2.22. The molecule has 1 fully saturated rings. The van der Waals surface area contributed by atoms with Crippen LogP contribution in [0.2, 0.25) is 0 Å². The van der Waals surface area contributed by atoms with Crippen LogP contribution in [0.1, 0.15) is 18.5 Å². The van der Waals surface area contributed by atoms with Gasteiger partial charge in [-0.15, -0.1) is 5.10 Å². The maximum Gasteiger partial charge on any atom is 0.0844 e. The zero-order chi connectivity index (χ0) is 16.2. The van der Waals surface area contributed by atoms with E-state index in [1.54, 1.807) is 0 Å². The highest BCUT2D eigenvalue weighted by Gasteiger charge is 2.13. The largest absolute Gasteiger partial charge is 0.381 e. The van der Waals surface area contributed by atoms with Crippen LogP contribution in [0.15, 0.2) is 42.9 Å². The van der Waals surface area contributed by atoms with Crippen molar-refractivity contribution >= 4 is 10.8 Å². The van der Waals surface area contributed by atoms with Gasteiger partial charge in [0.1, 0.15) is 0 Å². The van der Waals surface area contributed by atoms with E-state index >= 15 is 0 Å². The molecule has 6 nitrogen and oxygen atoms in total. The number of fused-ring (bicyclic) bond motifs is 1. The van der Waals surface area contributed by atoms with E-state index in [1.165, 1.54) is 0 Å². The zero-order valence-electron chi connectivity index (χ0n) is 13.6. The van der Waals surface area contributed by atoms with Crippen molar-refractivity contribution in [1.29, 1.82) is 0 Å². The van der Waals surface area contributed by atoms with Gasteiger partial charge in [-0.1, -0.05) is 17.3 Å². The minimum Gasteiger partial charge on any atom is -0.381 e. The number of ether oxygens (including phenoxy) is 1. The first-order valence-corrected chi connectivity index (χ1v) is 8.45. The van der Waals surface area contributed by atoms with Gasteiger partial charge in [0.2, 0.25) is 0 Å². The normalized spacial score (nSPS) is 15.8. The lowest BCUT2D eigenvalue weighted by molar-refractivity contribution is 0.0782. The standard InChI is InChI=1S/C18H21N5O/c1-2-14-12-19-8-5-17(14)18(3-1)23-13-16(21-22-23)4-9-20-15-6-10-24-11-7-15/h1-3,5,8,12-13,15,20H,4,6-7,9-11H2. The molecular weight excluding hydrogens is 302 g/mol. The van der Waals surface area contributed by atoms with Crippen LogP contribution in [-0.4, -0.2) is 45.8 Å². The first-order valence-electron chi connectivity index (χ1n) is 8.45. The lowest BCUT2D eigenvalue weighted by atomic mass is 10.1. The van der Waals surface area contributed by atoms with Crippen molar-refractivity contribution in [2.75, 3.05) is 19.8 Å². The van der Waals surface area contributed by atoms with E-state index in [0.717, 1.165) is 61.2 Å². The highest BCUT2D eigenvalue weighted by molar-refractivity contribution is 5.89. The van der Waals surface area contributed by atoms with Gasteiger partial charge in [0, 0.05) is 55.4 Å². The number of pyridine rings is 1. The molecule has 0 unspecified atom stereocenters. The molecule has 0 aliphatic carbocycles. The van der Waals surface area contributed by atoms with E-state index in [4.69, 9.17) is 4.74 Å². The van der Waals surface area contributed by atoms with E-state index in [0.29, 0.717) is 6.04 Å². The van der Waals surface area contributed by atoms with Gasteiger partial charge in [-0.2, -0.15) is 0 Å². The minimum absolute atomic E-state index is 0.569. The molecule has 1 saturated heterocycles. The molecule has 24 heavy (non-hydrogen) atoms. The molecule has 3 aromatic rings. The van der Waals surface area contributed by atoms with Crippen LogP contribution in [0.25, 0.3) is 16.5 Å². The lowest BCUT2D eigenvalue weighted by Crippen LogP contribution is -2.35. The number of nitrogens with zero attached hydrogens (tertiary/aromatic N) is 4. The summed E-state index contributed by atoms with van der Waals surface area (Å²) in [6, 6.07) is 8.72. The van der Waals surface area contributed by atoms with Gasteiger partial charge in [0.25, 0.3) is 0 Å². The molecule has 0 bridgehead atoms. The maximum absolute atomic E-state index is 5.38. The van der Waals surface area contributed by atoms with E-state index in [9.17, 15) is 0 Å². The van der Waals surface area contributed by atoms with Gasteiger partial charge in [0.15, 0.2) is 0 Å². The molecule has 1 aromatic carbocycles. The maximum atomic E-state index is 5.38. The van der Waals surface area contributed by atoms with Crippen LogP contribution in [0, 0.1) is 0 Å². The summed E-state index contributed by atoms with van der Waals surface area (Å²) in [5.74, 6) is 0. The van der Waals surface area contributed by atoms with Crippen LogP contribution in [0.5, 0.6) is 0 Å². The Labute approximate surface area is 140 Å². The Morgan fingerprint density at radius 1 is 1.21 bits per heavy atom. The molecule has 0 spiro atoms. The van der Waals surface area contributed by atoms with Gasteiger partial charge >= 0.3 is 0 Å². The highest BCUT2D eigenvalue weighted by atomic mass is 16.5. The van der Waals surface area contributed by atoms with Crippen molar-refractivity contribution < 1.29 is 4.74 Å². The van der Waals surface area contributed by atoms with Crippen molar-refractivity contribution in [2.24, 2.45) is 0 Å².